The van der Waals surface area contributed by atoms with E-state index in [0.717, 1.165) is 17.5 Å². The summed E-state index contributed by atoms with van der Waals surface area (Å²) in [6.45, 7) is 0.726. The summed E-state index contributed by atoms with van der Waals surface area (Å²) in [6.07, 6.45) is 1.80. The zero-order valence-electron chi connectivity index (χ0n) is 14.7. The third-order valence-corrected chi connectivity index (χ3v) is 4.93. The quantitative estimate of drug-likeness (QED) is 0.434. The molecule has 0 aromatic heterocycles. The van der Waals surface area contributed by atoms with E-state index in [-0.39, 0.29) is 12.5 Å². The van der Waals surface area contributed by atoms with Gasteiger partial charge in [0.05, 0.1) is 0 Å². The monoisotopic (exact) mass is 352 g/mol. The smallest absolute Gasteiger partial charge is 0.318 e. The van der Waals surface area contributed by atoms with Gasteiger partial charge in [-0.25, -0.2) is 0 Å². The number of esters is 1. The van der Waals surface area contributed by atoms with Gasteiger partial charge >= 0.3 is 5.97 Å². The topological polar surface area (TPSA) is 95.4 Å². The molecule has 5 nitrogen and oxygen atoms in total. The number of carbonyl (C=O) groups excluding carboxylic acids is 2. The van der Waals surface area contributed by atoms with Crippen molar-refractivity contribution in [3.05, 3.63) is 59.7 Å². The number of hydrogen-bond acceptors (Lipinski definition) is 4. The highest BCUT2D eigenvalue weighted by molar-refractivity contribution is 5.96. The molecule has 1 atom stereocenters. The first-order valence-corrected chi connectivity index (χ1v) is 8.97. The first-order chi connectivity index (χ1) is 12.6. The van der Waals surface area contributed by atoms with Gasteiger partial charge < -0.3 is 16.2 Å². The van der Waals surface area contributed by atoms with Crippen molar-refractivity contribution in [3.63, 3.8) is 0 Å². The second-order valence-electron chi connectivity index (χ2n) is 6.60. The van der Waals surface area contributed by atoms with Gasteiger partial charge in [-0.05, 0) is 41.6 Å². The van der Waals surface area contributed by atoms with E-state index in [1.54, 1.807) is 0 Å². The third-order valence-electron chi connectivity index (χ3n) is 4.93. The average molecular weight is 352 g/mol. The zero-order chi connectivity index (χ0) is 18.5. The Bertz CT molecular complexity index is 758. The Morgan fingerprint density at radius 2 is 1.54 bits per heavy atom. The SMILES string of the molecule is NCCCCC(C(N)=O)C(=O)OCC1c2ccccc2-c2ccccc21. The molecule has 1 aliphatic carbocycles. The number of primary amides is 1. The summed E-state index contributed by atoms with van der Waals surface area (Å²) in [5.74, 6) is -2.12. The van der Waals surface area contributed by atoms with E-state index in [0.29, 0.717) is 19.4 Å². The number of benzene rings is 2. The molecule has 26 heavy (non-hydrogen) atoms. The molecule has 0 saturated carbocycles. The normalized spacial score (nSPS) is 13.7. The number of ether oxygens (including phenoxy) is 1. The van der Waals surface area contributed by atoms with Crippen molar-refractivity contribution in [1.29, 1.82) is 0 Å². The molecule has 5 heteroatoms. The molecule has 2 aromatic carbocycles. The van der Waals surface area contributed by atoms with Gasteiger partial charge in [0.15, 0.2) is 0 Å². The highest BCUT2D eigenvalue weighted by Crippen LogP contribution is 2.44. The fourth-order valence-electron chi connectivity index (χ4n) is 3.57. The Labute approximate surface area is 153 Å². The van der Waals surface area contributed by atoms with Crippen LogP contribution in [0.1, 0.15) is 36.3 Å². The Morgan fingerprint density at radius 1 is 0.962 bits per heavy atom. The summed E-state index contributed by atoms with van der Waals surface area (Å²) in [5, 5.41) is 0. The summed E-state index contributed by atoms with van der Waals surface area (Å²) in [6, 6.07) is 16.2. The minimum absolute atomic E-state index is 0.0241. The second kappa shape index (κ2) is 8.15. The standard InChI is InChI=1S/C21H24N2O3/c22-12-6-5-11-18(20(23)24)21(25)26-13-19-16-9-3-1-7-14(16)15-8-2-4-10-17(15)19/h1-4,7-10,18-19H,5-6,11-13,22H2,(H2,23,24). The van der Waals surface area contributed by atoms with Crippen LogP contribution in [0.15, 0.2) is 48.5 Å². The van der Waals surface area contributed by atoms with Crippen LogP contribution in [0.25, 0.3) is 11.1 Å². The predicted octanol–water partition coefficient (Wildman–Crippen LogP) is 2.57. The second-order valence-corrected chi connectivity index (χ2v) is 6.60. The Kier molecular flexibility index (Phi) is 5.68. The maximum atomic E-state index is 12.4. The molecular formula is C21H24N2O3. The molecule has 0 saturated heterocycles. The predicted molar refractivity (Wildman–Crippen MR) is 100 cm³/mol. The molecule has 0 heterocycles. The van der Waals surface area contributed by atoms with E-state index in [1.165, 1.54) is 11.1 Å². The van der Waals surface area contributed by atoms with Crippen molar-refractivity contribution in [2.24, 2.45) is 17.4 Å². The highest BCUT2D eigenvalue weighted by Gasteiger charge is 2.31. The van der Waals surface area contributed by atoms with E-state index in [9.17, 15) is 9.59 Å². The molecular weight excluding hydrogens is 328 g/mol. The Morgan fingerprint density at radius 3 is 2.08 bits per heavy atom. The zero-order valence-corrected chi connectivity index (χ0v) is 14.7. The number of nitrogens with two attached hydrogens (primary N) is 2. The number of fused-ring (bicyclic) bond motifs is 3. The molecule has 1 amide bonds. The van der Waals surface area contributed by atoms with Gasteiger partial charge in [-0.3, -0.25) is 9.59 Å². The van der Waals surface area contributed by atoms with Crippen molar-refractivity contribution in [2.75, 3.05) is 13.2 Å². The van der Waals surface area contributed by atoms with E-state index < -0.39 is 17.8 Å². The lowest BCUT2D eigenvalue weighted by atomic mass is 9.97. The van der Waals surface area contributed by atoms with Crippen molar-refractivity contribution in [2.45, 2.75) is 25.2 Å². The van der Waals surface area contributed by atoms with Gasteiger partial charge in [0.25, 0.3) is 0 Å². The first kappa shape index (κ1) is 18.1. The van der Waals surface area contributed by atoms with E-state index in [1.807, 2.05) is 24.3 Å². The lowest BCUT2D eigenvalue weighted by Crippen LogP contribution is -2.32. The van der Waals surface area contributed by atoms with Crippen LogP contribution in [0, 0.1) is 5.92 Å². The maximum absolute atomic E-state index is 12.4. The van der Waals surface area contributed by atoms with Gasteiger partial charge in [0.2, 0.25) is 5.91 Å². The molecule has 3 rings (SSSR count). The molecule has 0 spiro atoms. The molecule has 136 valence electrons. The van der Waals surface area contributed by atoms with E-state index >= 15 is 0 Å². The summed E-state index contributed by atoms with van der Waals surface area (Å²) in [5.41, 5.74) is 15.5. The highest BCUT2D eigenvalue weighted by atomic mass is 16.5. The van der Waals surface area contributed by atoms with Gasteiger partial charge in [0.1, 0.15) is 12.5 Å². The van der Waals surface area contributed by atoms with Crippen LogP contribution in [-0.4, -0.2) is 25.0 Å². The minimum atomic E-state index is -0.909. The summed E-state index contributed by atoms with van der Waals surface area (Å²) < 4.78 is 5.52. The van der Waals surface area contributed by atoms with Crippen molar-refractivity contribution in [1.82, 2.24) is 0 Å². The fourth-order valence-corrected chi connectivity index (χ4v) is 3.57. The maximum Gasteiger partial charge on any atom is 0.318 e. The van der Waals surface area contributed by atoms with Crippen molar-refractivity contribution >= 4 is 11.9 Å². The molecule has 4 N–H and O–H groups in total. The average Bonchev–Trinajstić information content (AvgIpc) is 2.97. The van der Waals surface area contributed by atoms with Crippen LogP contribution in [0.4, 0.5) is 0 Å². The number of unbranched alkanes of at least 4 members (excludes halogenated alkanes) is 1. The van der Waals surface area contributed by atoms with Gasteiger partial charge in [-0.15, -0.1) is 0 Å². The largest absolute Gasteiger partial charge is 0.464 e. The minimum Gasteiger partial charge on any atom is -0.464 e. The molecule has 0 aliphatic heterocycles. The molecule has 0 bridgehead atoms. The lowest BCUT2D eigenvalue weighted by Gasteiger charge is -2.17. The number of hydrogen-bond donors (Lipinski definition) is 2. The lowest BCUT2D eigenvalue weighted by molar-refractivity contribution is -0.152. The number of carbonyl (C=O) groups is 2. The van der Waals surface area contributed by atoms with Crippen LogP contribution < -0.4 is 11.5 Å². The van der Waals surface area contributed by atoms with Gasteiger partial charge in [-0.1, -0.05) is 55.0 Å². The van der Waals surface area contributed by atoms with Crippen LogP contribution in [-0.2, 0) is 14.3 Å². The van der Waals surface area contributed by atoms with E-state index in [4.69, 9.17) is 16.2 Å². The fraction of sp³-hybridized carbons (Fsp3) is 0.333. The number of amides is 1. The molecule has 0 radical (unpaired) electrons. The van der Waals surface area contributed by atoms with Crippen molar-refractivity contribution < 1.29 is 14.3 Å². The summed E-state index contributed by atoms with van der Waals surface area (Å²) in [7, 11) is 0. The summed E-state index contributed by atoms with van der Waals surface area (Å²) >= 11 is 0. The molecule has 1 unspecified atom stereocenters. The number of rotatable bonds is 8. The van der Waals surface area contributed by atoms with Gasteiger partial charge in [-0.2, -0.15) is 0 Å². The Hall–Kier alpha value is -2.66. The van der Waals surface area contributed by atoms with Crippen LogP contribution in [0.3, 0.4) is 0 Å². The Balaban J connectivity index is 1.73. The van der Waals surface area contributed by atoms with Crippen LogP contribution in [0.5, 0.6) is 0 Å². The molecule has 2 aromatic rings. The molecule has 1 aliphatic rings. The van der Waals surface area contributed by atoms with Gasteiger partial charge in [0, 0.05) is 5.92 Å². The van der Waals surface area contributed by atoms with Crippen LogP contribution in [0.2, 0.25) is 0 Å². The summed E-state index contributed by atoms with van der Waals surface area (Å²) in [4.78, 5) is 24.0. The van der Waals surface area contributed by atoms with E-state index in [2.05, 4.69) is 24.3 Å². The van der Waals surface area contributed by atoms with Crippen LogP contribution >= 0.6 is 0 Å². The third kappa shape index (κ3) is 3.63. The molecule has 0 fully saturated rings. The van der Waals surface area contributed by atoms with Crippen molar-refractivity contribution in [3.8, 4) is 11.1 Å². The first-order valence-electron chi connectivity index (χ1n) is 8.97.